The molecule has 108 valence electrons. The third kappa shape index (κ3) is 2.60. The Morgan fingerprint density at radius 2 is 2.32 bits per heavy atom. The summed E-state index contributed by atoms with van der Waals surface area (Å²) in [4.78, 5) is 25.8. The van der Waals surface area contributed by atoms with Gasteiger partial charge in [-0.2, -0.15) is 0 Å². The zero-order valence-corrected chi connectivity index (χ0v) is 12.5. The van der Waals surface area contributed by atoms with Gasteiger partial charge in [-0.15, -0.1) is 11.8 Å². The summed E-state index contributed by atoms with van der Waals surface area (Å²) in [5, 5.41) is 12.1. The van der Waals surface area contributed by atoms with Crippen LogP contribution in [0, 0.1) is 5.92 Å². The van der Waals surface area contributed by atoms with Gasteiger partial charge in [-0.1, -0.05) is 13.8 Å². The third-order valence-corrected chi connectivity index (χ3v) is 5.58. The van der Waals surface area contributed by atoms with Crippen LogP contribution in [-0.2, 0) is 9.59 Å². The van der Waals surface area contributed by atoms with Crippen molar-refractivity contribution in [2.75, 3.05) is 12.4 Å². The van der Waals surface area contributed by atoms with Crippen LogP contribution in [0.5, 0.6) is 0 Å². The summed E-state index contributed by atoms with van der Waals surface area (Å²) >= 11 is 1.68. The van der Waals surface area contributed by atoms with Crippen molar-refractivity contribution in [3.05, 3.63) is 0 Å². The Labute approximate surface area is 118 Å². The minimum atomic E-state index is -0.391. The molecule has 19 heavy (non-hydrogen) atoms. The molecule has 2 heterocycles. The predicted octanol–water partition coefficient (Wildman–Crippen LogP) is 0.573. The number of carbonyl (C=O) groups excluding carboxylic acids is 2. The van der Waals surface area contributed by atoms with Gasteiger partial charge in [0, 0.05) is 12.2 Å². The lowest BCUT2D eigenvalue weighted by Gasteiger charge is -2.31. The minimum absolute atomic E-state index is 0.0674. The molecule has 2 aliphatic heterocycles. The first-order valence-corrected chi connectivity index (χ1v) is 7.75. The summed E-state index contributed by atoms with van der Waals surface area (Å²) in [5.41, 5.74) is 0. The highest BCUT2D eigenvalue weighted by Gasteiger charge is 2.53. The van der Waals surface area contributed by atoms with Gasteiger partial charge in [0.25, 0.3) is 0 Å². The summed E-state index contributed by atoms with van der Waals surface area (Å²) < 4.78 is 0. The maximum atomic E-state index is 12.3. The molecule has 5 nitrogen and oxygen atoms in total. The fourth-order valence-corrected chi connectivity index (χ4v) is 4.15. The smallest absolute Gasteiger partial charge is 0.244 e. The Balaban J connectivity index is 2.06. The molecule has 0 aromatic heterocycles. The summed E-state index contributed by atoms with van der Waals surface area (Å²) in [6.45, 7) is 5.86. The largest absolute Gasteiger partial charge is 0.394 e. The van der Waals surface area contributed by atoms with Crippen molar-refractivity contribution in [3.8, 4) is 0 Å². The number of hydrogen-bond acceptors (Lipinski definition) is 4. The van der Waals surface area contributed by atoms with Crippen LogP contribution < -0.4 is 5.32 Å². The molecule has 2 saturated heterocycles. The van der Waals surface area contributed by atoms with Crippen LogP contribution in [0.25, 0.3) is 0 Å². The first-order valence-electron chi connectivity index (χ1n) is 6.76. The van der Waals surface area contributed by atoms with Crippen molar-refractivity contribution >= 4 is 23.6 Å². The molecular formula is C13H22N2O3S. The minimum Gasteiger partial charge on any atom is -0.394 e. The van der Waals surface area contributed by atoms with Gasteiger partial charge in [0.05, 0.1) is 17.5 Å². The van der Waals surface area contributed by atoms with Crippen molar-refractivity contribution in [1.82, 2.24) is 10.2 Å². The number of hydrogen-bond donors (Lipinski definition) is 2. The maximum Gasteiger partial charge on any atom is 0.244 e. The average molecular weight is 286 g/mol. The Bertz CT molecular complexity index is 388. The van der Waals surface area contributed by atoms with Crippen molar-refractivity contribution < 1.29 is 14.7 Å². The summed E-state index contributed by atoms with van der Waals surface area (Å²) in [6.07, 6.45) is 1.34. The number of fused-ring (bicyclic) bond motifs is 1. The van der Waals surface area contributed by atoms with E-state index in [-0.39, 0.29) is 35.3 Å². The van der Waals surface area contributed by atoms with Crippen LogP contribution in [0.1, 0.15) is 33.6 Å². The number of aliphatic hydroxyl groups excluding tert-OH is 1. The van der Waals surface area contributed by atoms with Gasteiger partial charge in [0.1, 0.15) is 6.04 Å². The number of nitrogens with one attached hydrogen (secondary N) is 1. The summed E-state index contributed by atoms with van der Waals surface area (Å²) in [5.74, 6) is 0.741. The van der Waals surface area contributed by atoms with Crippen LogP contribution in [0.4, 0.5) is 0 Å². The Morgan fingerprint density at radius 1 is 1.63 bits per heavy atom. The topological polar surface area (TPSA) is 69.6 Å². The van der Waals surface area contributed by atoms with E-state index in [0.717, 1.165) is 6.42 Å². The predicted molar refractivity (Wildman–Crippen MR) is 74.6 cm³/mol. The molecule has 0 spiro atoms. The summed E-state index contributed by atoms with van der Waals surface area (Å²) in [6, 6.07) is -0.639. The molecule has 2 unspecified atom stereocenters. The normalized spacial score (nSPS) is 31.7. The van der Waals surface area contributed by atoms with Crippen molar-refractivity contribution in [3.63, 3.8) is 0 Å². The van der Waals surface area contributed by atoms with E-state index in [1.54, 1.807) is 16.7 Å². The van der Waals surface area contributed by atoms with Crippen LogP contribution >= 0.6 is 11.8 Å². The van der Waals surface area contributed by atoms with E-state index in [9.17, 15) is 14.7 Å². The second kappa shape index (κ2) is 5.32. The Morgan fingerprint density at radius 3 is 2.89 bits per heavy atom. The van der Waals surface area contributed by atoms with E-state index in [0.29, 0.717) is 12.2 Å². The molecule has 3 atom stereocenters. The van der Waals surface area contributed by atoms with Crippen LogP contribution in [0.15, 0.2) is 0 Å². The lowest BCUT2D eigenvalue weighted by molar-refractivity contribution is -0.138. The molecule has 2 amide bonds. The molecular weight excluding hydrogens is 264 g/mol. The molecule has 2 rings (SSSR count). The van der Waals surface area contributed by atoms with E-state index in [1.165, 1.54) is 0 Å². The number of amides is 2. The molecule has 2 fully saturated rings. The second-order valence-electron chi connectivity index (χ2n) is 5.81. The quantitative estimate of drug-likeness (QED) is 0.793. The number of carbonyl (C=O) groups is 2. The second-order valence-corrected chi connectivity index (χ2v) is 7.31. The molecule has 0 saturated carbocycles. The van der Waals surface area contributed by atoms with Crippen molar-refractivity contribution in [2.24, 2.45) is 5.92 Å². The molecule has 0 bridgehead atoms. The fraction of sp³-hybridized carbons (Fsp3) is 0.846. The first-order chi connectivity index (χ1) is 8.89. The van der Waals surface area contributed by atoms with Gasteiger partial charge in [0.2, 0.25) is 11.8 Å². The third-order valence-electron chi connectivity index (χ3n) is 4.08. The van der Waals surface area contributed by atoms with Crippen LogP contribution in [-0.4, -0.2) is 51.1 Å². The summed E-state index contributed by atoms with van der Waals surface area (Å²) in [7, 11) is 0. The molecule has 6 heteroatoms. The van der Waals surface area contributed by atoms with E-state index in [1.807, 2.05) is 20.8 Å². The van der Waals surface area contributed by atoms with Gasteiger partial charge in [-0.25, -0.2) is 0 Å². The van der Waals surface area contributed by atoms with Crippen LogP contribution in [0.2, 0.25) is 0 Å². The number of rotatable bonds is 4. The monoisotopic (exact) mass is 286 g/mol. The maximum absolute atomic E-state index is 12.3. The van der Waals surface area contributed by atoms with Gasteiger partial charge >= 0.3 is 0 Å². The van der Waals surface area contributed by atoms with Gasteiger partial charge in [-0.3, -0.25) is 9.59 Å². The zero-order chi connectivity index (χ0) is 14.2. The Hall–Kier alpha value is -0.750. The molecule has 2 aliphatic rings. The average Bonchev–Trinajstić information content (AvgIpc) is 2.83. The highest BCUT2D eigenvalue weighted by atomic mass is 32.2. The highest BCUT2D eigenvalue weighted by molar-refractivity contribution is 8.01. The SMILES string of the molecule is CC(C)[C@@H](CO)NC(=O)C1CSC2(C)CCC(=O)N12. The van der Waals surface area contributed by atoms with Crippen LogP contribution in [0.3, 0.4) is 0 Å². The van der Waals surface area contributed by atoms with Crippen molar-refractivity contribution in [2.45, 2.75) is 50.6 Å². The number of aliphatic hydroxyl groups is 1. The fourth-order valence-electron chi connectivity index (χ4n) is 2.72. The molecule has 0 aliphatic carbocycles. The standard InChI is InChI=1S/C13H22N2O3S/c1-8(2)9(6-16)14-12(18)10-7-19-13(3)5-4-11(17)15(10)13/h8-10,16H,4-7H2,1-3H3,(H,14,18)/t9-,10?,13?/m1/s1. The van der Waals surface area contributed by atoms with E-state index in [4.69, 9.17) is 0 Å². The molecule has 0 aromatic rings. The van der Waals surface area contributed by atoms with Gasteiger partial charge < -0.3 is 15.3 Å². The molecule has 0 aromatic carbocycles. The van der Waals surface area contributed by atoms with Gasteiger partial charge in [-0.05, 0) is 19.3 Å². The van der Waals surface area contributed by atoms with Crippen molar-refractivity contribution in [1.29, 1.82) is 0 Å². The van der Waals surface area contributed by atoms with E-state index >= 15 is 0 Å². The highest BCUT2D eigenvalue weighted by Crippen LogP contribution is 2.47. The number of thioether (sulfide) groups is 1. The molecule has 0 radical (unpaired) electrons. The molecule has 2 N–H and O–H groups in total. The zero-order valence-electron chi connectivity index (χ0n) is 11.7. The first kappa shape index (κ1) is 14.7. The lowest BCUT2D eigenvalue weighted by Crippen LogP contribution is -2.53. The van der Waals surface area contributed by atoms with Gasteiger partial charge in [0.15, 0.2) is 0 Å². The number of nitrogens with zero attached hydrogens (tertiary/aromatic N) is 1. The van der Waals surface area contributed by atoms with E-state index in [2.05, 4.69) is 5.32 Å². The lowest BCUT2D eigenvalue weighted by atomic mass is 10.0. The Kier molecular flexibility index (Phi) is 4.11. The van der Waals surface area contributed by atoms with E-state index < -0.39 is 6.04 Å².